The first-order chi connectivity index (χ1) is 11.2. The minimum Gasteiger partial charge on any atom is -0.469 e. The van der Waals surface area contributed by atoms with Gasteiger partial charge in [0.15, 0.2) is 5.96 Å². The Morgan fingerprint density at radius 1 is 1.09 bits per heavy atom. The molecule has 0 spiro atoms. The fraction of sp³-hybridized carbons (Fsp3) is 0.353. The van der Waals surface area contributed by atoms with Gasteiger partial charge in [-0.05, 0) is 37.6 Å². The van der Waals surface area contributed by atoms with Gasteiger partial charge in [0.2, 0.25) is 0 Å². The van der Waals surface area contributed by atoms with Gasteiger partial charge in [-0.1, -0.05) is 6.07 Å². The Hall–Kier alpha value is -2.37. The van der Waals surface area contributed by atoms with Gasteiger partial charge in [0.05, 0.1) is 6.26 Å². The van der Waals surface area contributed by atoms with Crippen LogP contribution in [0.4, 0.5) is 8.78 Å². The molecule has 1 heterocycles. The van der Waals surface area contributed by atoms with E-state index in [-0.39, 0.29) is 12.0 Å². The summed E-state index contributed by atoms with van der Waals surface area (Å²) in [5.74, 6) is 0.451. The van der Waals surface area contributed by atoms with E-state index in [1.807, 2.05) is 19.1 Å². The fourth-order valence-electron chi connectivity index (χ4n) is 2.15. The summed E-state index contributed by atoms with van der Waals surface area (Å²) in [7, 11) is 0. The lowest BCUT2D eigenvalue weighted by atomic mass is 10.1. The number of furan rings is 1. The van der Waals surface area contributed by atoms with Gasteiger partial charge in [-0.3, -0.25) is 4.99 Å². The topological polar surface area (TPSA) is 49.6 Å². The van der Waals surface area contributed by atoms with Crippen molar-refractivity contribution in [2.24, 2.45) is 4.99 Å². The van der Waals surface area contributed by atoms with Crippen LogP contribution in [-0.2, 0) is 12.8 Å². The Labute approximate surface area is 134 Å². The van der Waals surface area contributed by atoms with Gasteiger partial charge >= 0.3 is 0 Å². The van der Waals surface area contributed by atoms with Gasteiger partial charge in [-0.15, -0.1) is 0 Å². The molecule has 0 unspecified atom stereocenters. The number of nitrogens with one attached hydrogen (secondary N) is 2. The normalized spacial score (nSPS) is 11.5. The third-order valence-corrected chi connectivity index (χ3v) is 3.28. The average molecular weight is 321 g/mol. The van der Waals surface area contributed by atoms with Crippen LogP contribution in [0.2, 0.25) is 0 Å². The molecule has 1 aromatic heterocycles. The molecule has 4 nitrogen and oxygen atoms in total. The number of hydrogen-bond donors (Lipinski definition) is 2. The SMILES string of the molecule is CCNC(=NCCc1ccco1)NCCc1c(F)cccc1F. The molecular formula is C17H21F2N3O. The molecule has 124 valence electrons. The van der Waals surface area contributed by atoms with Crippen LogP contribution in [-0.4, -0.2) is 25.6 Å². The molecular weight excluding hydrogens is 300 g/mol. The Morgan fingerprint density at radius 3 is 2.52 bits per heavy atom. The molecule has 0 radical (unpaired) electrons. The highest BCUT2D eigenvalue weighted by Gasteiger charge is 2.08. The van der Waals surface area contributed by atoms with Gasteiger partial charge in [-0.2, -0.15) is 0 Å². The summed E-state index contributed by atoms with van der Waals surface area (Å²) in [6.45, 7) is 3.63. The van der Waals surface area contributed by atoms with Crippen molar-refractivity contribution in [2.75, 3.05) is 19.6 Å². The van der Waals surface area contributed by atoms with Gasteiger partial charge < -0.3 is 15.1 Å². The van der Waals surface area contributed by atoms with E-state index in [0.29, 0.717) is 32.0 Å². The van der Waals surface area contributed by atoms with Crippen LogP contribution in [0.3, 0.4) is 0 Å². The molecule has 0 saturated heterocycles. The number of hydrogen-bond acceptors (Lipinski definition) is 2. The quantitative estimate of drug-likeness (QED) is 0.609. The van der Waals surface area contributed by atoms with Gasteiger partial charge in [0.25, 0.3) is 0 Å². The maximum absolute atomic E-state index is 13.6. The molecule has 23 heavy (non-hydrogen) atoms. The molecule has 0 atom stereocenters. The van der Waals surface area contributed by atoms with E-state index in [0.717, 1.165) is 5.76 Å². The highest BCUT2D eigenvalue weighted by Crippen LogP contribution is 2.11. The van der Waals surface area contributed by atoms with Crippen molar-refractivity contribution in [2.45, 2.75) is 19.8 Å². The zero-order valence-electron chi connectivity index (χ0n) is 13.1. The highest BCUT2D eigenvalue weighted by atomic mass is 19.1. The van der Waals surface area contributed by atoms with Crippen LogP contribution in [0.5, 0.6) is 0 Å². The largest absolute Gasteiger partial charge is 0.469 e. The number of benzene rings is 1. The van der Waals surface area contributed by atoms with Crippen LogP contribution in [0.15, 0.2) is 46.0 Å². The first-order valence-corrected chi connectivity index (χ1v) is 7.68. The minimum absolute atomic E-state index is 0.0893. The fourth-order valence-corrected chi connectivity index (χ4v) is 2.15. The van der Waals surface area contributed by atoms with Gasteiger partial charge in [0.1, 0.15) is 17.4 Å². The summed E-state index contributed by atoms with van der Waals surface area (Å²) in [6, 6.07) is 7.63. The maximum atomic E-state index is 13.6. The summed E-state index contributed by atoms with van der Waals surface area (Å²) < 4.78 is 32.4. The van der Waals surface area contributed by atoms with Crippen LogP contribution in [0, 0.1) is 11.6 Å². The molecule has 0 aliphatic carbocycles. The van der Waals surface area contributed by atoms with Crippen molar-refractivity contribution < 1.29 is 13.2 Å². The third kappa shape index (κ3) is 5.39. The molecule has 0 fully saturated rings. The predicted molar refractivity (Wildman–Crippen MR) is 86.5 cm³/mol. The molecule has 1 aromatic carbocycles. The summed E-state index contributed by atoms with van der Waals surface area (Å²) in [4.78, 5) is 4.41. The summed E-state index contributed by atoms with van der Waals surface area (Å²) >= 11 is 0. The zero-order valence-corrected chi connectivity index (χ0v) is 13.1. The van der Waals surface area contributed by atoms with E-state index in [1.54, 1.807) is 6.26 Å². The summed E-state index contributed by atoms with van der Waals surface area (Å²) in [5, 5.41) is 6.18. The lowest BCUT2D eigenvalue weighted by Gasteiger charge is -2.11. The Bertz CT molecular complexity index is 607. The molecule has 6 heteroatoms. The monoisotopic (exact) mass is 321 g/mol. The molecule has 0 aliphatic rings. The predicted octanol–water partition coefficient (Wildman–Crippen LogP) is 2.90. The van der Waals surface area contributed by atoms with E-state index in [1.165, 1.54) is 18.2 Å². The molecule has 0 aliphatic heterocycles. The number of halogens is 2. The van der Waals surface area contributed by atoms with Crippen LogP contribution in [0.25, 0.3) is 0 Å². The molecule has 2 N–H and O–H groups in total. The van der Waals surface area contributed by atoms with Crippen molar-refractivity contribution >= 4 is 5.96 Å². The Morgan fingerprint density at radius 2 is 1.87 bits per heavy atom. The third-order valence-electron chi connectivity index (χ3n) is 3.28. The standard InChI is InChI=1S/C17H21F2N3O/c1-2-20-17(21-10-8-13-5-4-12-23-13)22-11-9-14-15(18)6-3-7-16(14)19/h3-7,12H,2,8-11H2,1H3,(H2,20,21,22). The first-order valence-electron chi connectivity index (χ1n) is 7.68. The number of rotatable bonds is 7. The molecule has 0 saturated carbocycles. The van der Waals surface area contributed by atoms with Crippen LogP contribution in [0.1, 0.15) is 18.2 Å². The smallest absolute Gasteiger partial charge is 0.191 e. The first kappa shape index (κ1) is 17.0. The lowest BCUT2D eigenvalue weighted by molar-refractivity contribution is 0.510. The van der Waals surface area contributed by atoms with Crippen molar-refractivity contribution in [3.8, 4) is 0 Å². The van der Waals surface area contributed by atoms with E-state index in [2.05, 4.69) is 15.6 Å². The lowest BCUT2D eigenvalue weighted by Crippen LogP contribution is -2.38. The Kier molecular flexibility index (Phi) is 6.59. The molecule has 0 bridgehead atoms. The van der Waals surface area contributed by atoms with Crippen molar-refractivity contribution in [1.82, 2.24) is 10.6 Å². The highest BCUT2D eigenvalue weighted by molar-refractivity contribution is 5.79. The van der Waals surface area contributed by atoms with Crippen LogP contribution < -0.4 is 10.6 Å². The van der Waals surface area contributed by atoms with Crippen molar-refractivity contribution in [3.05, 3.63) is 59.6 Å². The van der Waals surface area contributed by atoms with Crippen molar-refractivity contribution in [3.63, 3.8) is 0 Å². The Balaban J connectivity index is 1.84. The average Bonchev–Trinajstić information content (AvgIpc) is 3.03. The van der Waals surface area contributed by atoms with E-state index in [4.69, 9.17) is 4.42 Å². The summed E-state index contributed by atoms with van der Waals surface area (Å²) in [5.41, 5.74) is 0.0893. The van der Waals surface area contributed by atoms with E-state index in [9.17, 15) is 8.78 Å². The van der Waals surface area contributed by atoms with Crippen LogP contribution >= 0.6 is 0 Å². The summed E-state index contributed by atoms with van der Waals surface area (Å²) in [6.07, 6.45) is 2.58. The zero-order chi connectivity index (χ0) is 16.5. The maximum Gasteiger partial charge on any atom is 0.191 e. The van der Waals surface area contributed by atoms with Gasteiger partial charge in [0, 0.05) is 31.6 Å². The second-order valence-corrected chi connectivity index (χ2v) is 4.97. The van der Waals surface area contributed by atoms with Crippen molar-refractivity contribution in [1.29, 1.82) is 0 Å². The second kappa shape index (κ2) is 8.92. The number of nitrogens with zero attached hydrogens (tertiary/aromatic N) is 1. The van der Waals surface area contributed by atoms with Gasteiger partial charge in [-0.25, -0.2) is 8.78 Å². The van der Waals surface area contributed by atoms with E-state index < -0.39 is 11.6 Å². The molecule has 2 aromatic rings. The number of guanidine groups is 1. The number of aliphatic imine (C=N–C) groups is 1. The molecule has 2 rings (SSSR count). The molecule has 0 amide bonds. The second-order valence-electron chi connectivity index (χ2n) is 4.97. The minimum atomic E-state index is -0.522. The van der Waals surface area contributed by atoms with E-state index >= 15 is 0 Å².